The van der Waals surface area contributed by atoms with Crippen LogP contribution in [-0.2, 0) is 16.0 Å². The minimum Gasteiger partial charge on any atom is -0.342 e. The molecule has 1 N–H and O–H groups in total. The predicted octanol–water partition coefficient (Wildman–Crippen LogP) is 3.70. The zero-order chi connectivity index (χ0) is 19.6. The second kappa shape index (κ2) is 10.3. The number of amides is 2. The molecule has 0 heterocycles. The van der Waals surface area contributed by atoms with E-state index in [1.807, 2.05) is 18.2 Å². The zero-order valence-electron chi connectivity index (χ0n) is 15.9. The lowest BCUT2D eigenvalue weighted by atomic mass is 10.1. The SMILES string of the molecule is CC(=O)c1cccc(NC(=O)CCN(CCCc2ccccc2)C(C)=O)c1. The lowest BCUT2D eigenvalue weighted by Gasteiger charge is -2.21. The molecule has 5 nitrogen and oxygen atoms in total. The fourth-order valence-corrected chi connectivity index (χ4v) is 2.82. The van der Waals surface area contributed by atoms with Gasteiger partial charge in [-0.25, -0.2) is 0 Å². The van der Waals surface area contributed by atoms with Crippen LogP contribution in [0.4, 0.5) is 5.69 Å². The highest BCUT2D eigenvalue weighted by molar-refractivity contribution is 5.97. The molecule has 0 saturated carbocycles. The molecule has 0 bridgehead atoms. The minimum atomic E-state index is -0.176. The monoisotopic (exact) mass is 366 g/mol. The van der Waals surface area contributed by atoms with E-state index in [0.29, 0.717) is 24.3 Å². The topological polar surface area (TPSA) is 66.5 Å². The van der Waals surface area contributed by atoms with Gasteiger partial charge in [0.15, 0.2) is 5.78 Å². The Labute approximate surface area is 160 Å². The molecule has 5 heteroatoms. The number of nitrogens with zero attached hydrogens (tertiary/aromatic N) is 1. The fraction of sp³-hybridized carbons (Fsp3) is 0.318. The lowest BCUT2D eigenvalue weighted by molar-refractivity contribution is -0.129. The van der Waals surface area contributed by atoms with Gasteiger partial charge in [0.05, 0.1) is 0 Å². The molecule has 0 aromatic heterocycles. The van der Waals surface area contributed by atoms with Crippen molar-refractivity contribution in [1.82, 2.24) is 4.90 Å². The summed E-state index contributed by atoms with van der Waals surface area (Å²) in [5.41, 5.74) is 2.38. The van der Waals surface area contributed by atoms with Crippen molar-refractivity contribution in [1.29, 1.82) is 0 Å². The molecule has 0 spiro atoms. The minimum absolute atomic E-state index is 0.0329. The van der Waals surface area contributed by atoms with Crippen LogP contribution in [0.5, 0.6) is 0 Å². The highest BCUT2D eigenvalue weighted by atomic mass is 16.2. The molecule has 2 aromatic carbocycles. The van der Waals surface area contributed by atoms with Gasteiger partial charge in [-0.3, -0.25) is 14.4 Å². The maximum Gasteiger partial charge on any atom is 0.226 e. The van der Waals surface area contributed by atoms with Gasteiger partial charge in [-0.2, -0.15) is 0 Å². The van der Waals surface area contributed by atoms with Crippen molar-refractivity contribution >= 4 is 23.3 Å². The quantitative estimate of drug-likeness (QED) is 0.688. The molecule has 0 aliphatic heterocycles. The van der Waals surface area contributed by atoms with Crippen LogP contribution >= 0.6 is 0 Å². The highest BCUT2D eigenvalue weighted by Gasteiger charge is 2.12. The largest absolute Gasteiger partial charge is 0.342 e. The maximum atomic E-state index is 12.2. The van der Waals surface area contributed by atoms with Gasteiger partial charge in [0.2, 0.25) is 11.8 Å². The van der Waals surface area contributed by atoms with Crippen LogP contribution in [0.3, 0.4) is 0 Å². The summed E-state index contributed by atoms with van der Waals surface area (Å²) in [6, 6.07) is 17.0. The van der Waals surface area contributed by atoms with E-state index >= 15 is 0 Å². The first-order valence-corrected chi connectivity index (χ1v) is 9.16. The number of anilines is 1. The van der Waals surface area contributed by atoms with E-state index < -0.39 is 0 Å². The van der Waals surface area contributed by atoms with Crippen molar-refractivity contribution in [3.05, 3.63) is 65.7 Å². The summed E-state index contributed by atoms with van der Waals surface area (Å²) >= 11 is 0. The Morgan fingerprint density at radius 2 is 1.67 bits per heavy atom. The Bertz CT molecular complexity index is 787. The van der Waals surface area contributed by atoms with Crippen LogP contribution in [0.25, 0.3) is 0 Å². The summed E-state index contributed by atoms with van der Waals surface area (Å²) in [5, 5.41) is 2.78. The van der Waals surface area contributed by atoms with Crippen LogP contribution in [-0.4, -0.2) is 35.6 Å². The number of rotatable bonds is 9. The Kier molecular flexibility index (Phi) is 7.74. The van der Waals surface area contributed by atoms with Crippen molar-refractivity contribution in [3.63, 3.8) is 0 Å². The average molecular weight is 366 g/mol. The number of hydrogen-bond donors (Lipinski definition) is 1. The second-order valence-corrected chi connectivity index (χ2v) is 6.53. The maximum absolute atomic E-state index is 12.2. The zero-order valence-corrected chi connectivity index (χ0v) is 15.9. The van der Waals surface area contributed by atoms with Crippen molar-refractivity contribution < 1.29 is 14.4 Å². The van der Waals surface area contributed by atoms with Gasteiger partial charge in [-0.15, -0.1) is 0 Å². The van der Waals surface area contributed by atoms with Gasteiger partial charge in [0, 0.05) is 37.7 Å². The first-order valence-electron chi connectivity index (χ1n) is 9.16. The molecule has 0 atom stereocenters. The fourth-order valence-electron chi connectivity index (χ4n) is 2.82. The normalized spacial score (nSPS) is 10.3. The summed E-state index contributed by atoms with van der Waals surface area (Å²) in [4.78, 5) is 37.1. The molecule has 0 fully saturated rings. The molecule has 0 radical (unpaired) electrons. The molecule has 27 heavy (non-hydrogen) atoms. The lowest BCUT2D eigenvalue weighted by Crippen LogP contribution is -2.33. The number of hydrogen-bond acceptors (Lipinski definition) is 3. The third-order valence-corrected chi connectivity index (χ3v) is 4.34. The third-order valence-electron chi connectivity index (χ3n) is 4.34. The molecule has 0 unspecified atom stereocenters. The summed E-state index contributed by atoms with van der Waals surface area (Å²) in [6.07, 6.45) is 1.97. The van der Waals surface area contributed by atoms with E-state index in [0.717, 1.165) is 12.8 Å². The average Bonchev–Trinajstić information content (AvgIpc) is 2.65. The summed E-state index contributed by atoms with van der Waals surface area (Å²) in [6.45, 7) is 4.01. The number of ketones is 1. The van der Waals surface area contributed by atoms with E-state index in [2.05, 4.69) is 17.4 Å². The van der Waals surface area contributed by atoms with Crippen LogP contribution in [0, 0.1) is 0 Å². The summed E-state index contributed by atoms with van der Waals surface area (Å²) in [5.74, 6) is -0.258. The molecule has 0 aliphatic rings. The Morgan fingerprint density at radius 1 is 0.926 bits per heavy atom. The van der Waals surface area contributed by atoms with Gasteiger partial charge in [-0.1, -0.05) is 42.5 Å². The Hall–Kier alpha value is -2.95. The van der Waals surface area contributed by atoms with Crippen LogP contribution < -0.4 is 5.32 Å². The van der Waals surface area contributed by atoms with Crippen molar-refractivity contribution in [2.45, 2.75) is 33.1 Å². The van der Waals surface area contributed by atoms with Gasteiger partial charge in [0.25, 0.3) is 0 Å². The van der Waals surface area contributed by atoms with E-state index in [-0.39, 0.29) is 24.0 Å². The van der Waals surface area contributed by atoms with Crippen LogP contribution in [0.15, 0.2) is 54.6 Å². The number of carbonyl (C=O) groups excluding carboxylic acids is 3. The third kappa shape index (κ3) is 7.05. The van der Waals surface area contributed by atoms with Crippen molar-refractivity contribution in [3.8, 4) is 0 Å². The molecule has 0 saturated heterocycles. The first kappa shape index (κ1) is 20.4. The van der Waals surface area contributed by atoms with Crippen molar-refractivity contribution in [2.75, 3.05) is 18.4 Å². The Balaban J connectivity index is 1.80. The molecule has 142 valence electrons. The van der Waals surface area contributed by atoms with E-state index in [4.69, 9.17) is 0 Å². The summed E-state index contributed by atoms with van der Waals surface area (Å²) < 4.78 is 0. The highest BCUT2D eigenvalue weighted by Crippen LogP contribution is 2.12. The number of benzene rings is 2. The van der Waals surface area contributed by atoms with E-state index in [9.17, 15) is 14.4 Å². The second-order valence-electron chi connectivity index (χ2n) is 6.53. The number of carbonyl (C=O) groups is 3. The van der Waals surface area contributed by atoms with Gasteiger partial charge in [0.1, 0.15) is 0 Å². The molecule has 2 amide bonds. The molecule has 0 aliphatic carbocycles. The van der Waals surface area contributed by atoms with E-state index in [1.54, 1.807) is 29.2 Å². The molecule has 2 rings (SSSR count). The van der Waals surface area contributed by atoms with Gasteiger partial charge in [-0.05, 0) is 37.5 Å². The van der Waals surface area contributed by atoms with Crippen molar-refractivity contribution in [2.24, 2.45) is 0 Å². The van der Waals surface area contributed by atoms with E-state index in [1.165, 1.54) is 19.4 Å². The Morgan fingerprint density at radius 3 is 2.33 bits per heavy atom. The smallest absolute Gasteiger partial charge is 0.226 e. The number of Topliss-reactive ketones (excluding diaryl/α,β-unsaturated/α-hetero) is 1. The number of aryl methyl sites for hydroxylation is 1. The van der Waals surface area contributed by atoms with Crippen LogP contribution in [0.2, 0.25) is 0 Å². The molecular weight excluding hydrogens is 340 g/mol. The molecule has 2 aromatic rings. The number of nitrogens with one attached hydrogen (secondary N) is 1. The first-order chi connectivity index (χ1) is 13.0. The standard InChI is InChI=1S/C22H26N2O3/c1-17(25)20-11-6-12-21(16-20)23-22(27)13-15-24(18(2)26)14-7-10-19-8-4-3-5-9-19/h3-6,8-9,11-12,16H,7,10,13-15H2,1-2H3,(H,23,27). The summed E-state index contributed by atoms with van der Waals surface area (Å²) in [7, 11) is 0. The molecular formula is C22H26N2O3. The van der Waals surface area contributed by atoms with Crippen LogP contribution in [0.1, 0.15) is 42.6 Å². The van der Waals surface area contributed by atoms with Gasteiger partial charge >= 0.3 is 0 Å². The predicted molar refractivity (Wildman–Crippen MR) is 107 cm³/mol. The van der Waals surface area contributed by atoms with Gasteiger partial charge < -0.3 is 10.2 Å².